The molecule has 1 aromatic rings. The van der Waals surface area contributed by atoms with E-state index >= 15 is 0 Å². The predicted molar refractivity (Wildman–Crippen MR) is 80.4 cm³/mol. The maximum absolute atomic E-state index is 10.8. The lowest BCUT2D eigenvalue weighted by Crippen LogP contribution is -2.37. The normalized spacial score (nSPS) is 14.9. The number of amides is 2. The summed E-state index contributed by atoms with van der Waals surface area (Å²) in [6.07, 6.45) is 0. The van der Waals surface area contributed by atoms with E-state index in [1.54, 1.807) is 0 Å². The first-order valence-electron chi connectivity index (χ1n) is 6.66. The number of urea groups is 1. The molecule has 3 N–H and O–H groups in total. The number of primary amides is 1. The molecule has 0 aliphatic carbocycles. The number of carbonyl (C=O) groups excluding carboxylic acids is 1. The van der Waals surface area contributed by atoms with Crippen LogP contribution in [0.5, 0.6) is 0 Å². The number of nitrogens with two attached hydrogens (primary N) is 1. The third kappa shape index (κ3) is 4.35. The monoisotopic (exact) mass is 277 g/mol. The number of hydrazone groups is 1. The fourth-order valence-electron chi connectivity index (χ4n) is 1.73. The second kappa shape index (κ2) is 7.05. The number of rotatable bonds is 6. The molecule has 5 heteroatoms. The Labute approximate surface area is 120 Å². The zero-order valence-corrected chi connectivity index (χ0v) is 12.5. The van der Waals surface area contributed by atoms with Gasteiger partial charge in [-0.2, -0.15) is 5.10 Å². The van der Waals surface area contributed by atoms with Crippen molar-refractivity contribution in [2.24, 2.45) is 16.8 Å². The molecule has 1 unspecified atom stereocenters. The topological polar surface area (TPSA) is 76.7 Å². The fourth-order valence-corrected chi connectivity index (χ4v) is 1.73. The molecule has 0 aliphatic heterocycles. The van der Waals surface area contributed by atoms with Gasteiger partial charge in [-0.05, 0) is 25.3 Å². The second-order valence-electron chi connectivity index (χ2n) is 5.28. The maximum Gasteiger partial charge on any atom is 0.332 e. The Morgan fingerprint density at radius 1 is 1.40 bits per heavy atom. The predicted octanol–water partition coefficient (Wildman–Crippen LogP) is 2.62. The molecule has 1 rings (SSSR count). The third-order valence-corrected chi connectivity index (χ3v) is 3.05. The quantitative estimate of drug-likeness (QED) is 0.619. The molecule has 0 saturated carbocycles. The lowest BCUT2D eigenvalue weighted by molar-refractivity contribution is 0.00164. The van der Waals surface area contributed by atoms with Gasteiger partial charge in [0.2, 0.25) is 0 Å². The van der Waals surface area contributed by atoms with Crippen molar-refractivity contribution in [3.8, 4) is 0 Å². The van der Waals surface area contributed by atoms with Gasteiger partial charge in [0.25, 0.3) is 0 Å². The van der Waals surface area contributed by atoms with Crippen LogP contribution in [0.3, 0.4) is 0 Å². The Hall–Kier alpha value is -1.88. The molecule has 1 atom stereocenters. The van der Waals surface area contributed by atoms with Gasteiger partial charge in [-0.3, -0.25) is 0 Å². The summed E-state index contributed by atoms with van der Waals surface area (Å²) in [6.45, 7) is 8.50. The minimum atomic E-state index is -0.700. The molecule has 0 aliphatic rings. The van der Waals surface area contributed by atoms with Gasteiger partial charge >= 0.3 is 6.03 Å². The molecule has 0 saturated heterocycles. The van der Waals surface area contributed by atoms with Gasteiger partial charge in [0.1, 0.15) is 5.60 Å². The van der Waals surface area contributed by atoms with Crippen LogP contribution in [0, 0.1) is 5.92 Å². The van der Waals surface area contributed by atoms with E-state index in [4.69, 9.17) is 10.5 Å². The van der Waals surface area contributed by atoms with Crippen molar-refractivity contribution < 1.29 is 9.53 Å². The van der Waals surface area contributed by atoms with E-state index in [1.807, 2.05) is 44.2 Å². The summed E-state index contributed by atoms with van der Waals surface area (Å²) in [5.41, 5.74) is 8.22. The molecule has 0 aromatic heterocycles. The van der Waals surface area contributed by atoms with E-state index in [1.165, 1.54) is 0 Å². The molecule has 5 nitrogen and oxygen atoms in total. The molecular formula is C15H23N3O2. The molecule has 0 spiro atoms. The largest absolute Gasteiger partial charge is 0.364 e. The van der Waals surface area contributed by atoms with Crippen LogP contribution in [0.1, 0.15) is 33.3 Å². The van der Waals surface area contributed by atoms with E-state index in [9.17, 15) is 4.79 Å². The maximum atomic E-state index is 10.8. The molecule has 0 heterocycles. The summed E-state index contributed by atoms with van der Waals surface area (Å²) in [5.74, 6) is 0.398. The van der Waals surface area contributed by atoms with Gasteiger partial charge in [0.15, 0.2) is 0 Å². The molecule has 0 bridgehead atoms. The zero-order chi connectivity index (χ0) is 15.2. The van der Waals surface area contributed by atoms with E-state index < -0.39 is 11.6 Å². The number of benzene rings is 1. The third-order valence-electron chi connectivity index (χ3n) is 3.05. The number of hydrogen-bond donors (Lipinski definition) is 2. The summed E-state index contributed by atoms with van der Waals surface area (Å²) in [4.78, 5) is 10.8. The minimum absolute atomic E-state index is 0.398. The molecule has 0 radical (unpaired) electrons. The first-order chi connectivity index (χ1) is 9.36. The van der Waals surface area contributed by atoms with Gasteiger partial charge < -0.3 is 10.5 Å². The van der Waals surface area contributed by atoms with E-state index in [0.29, 0.717) is 18.2 Å². The van der Waals surface area contributed by atoms with Crippen molar-refractivity contribution in [3.63, 3.8) is 0 Å². The van der Waals surface area contributed by atoms with Crippen LogP contribution >= 0.6 is 0 Å². The van der Waals surface area contributed by atoms with Crippen LogP contribution in [0.4, 0.5) is 4.79 Å². The Morgan fingerprint density at radius 3 is 2.50 bits per heavy atom. The van der Waals surface area contributed by atoms with Gasteiger partial charge in [0.05, 0.1) is 12.3 Å². The minimum Gasteiger partial charge on any atom is -0.364 e. The second-order valence-corrected chi connectivity index (χ2v) is 5.28. The van der Waals surface area contributed by atoms with Crippen molar-refractivity contribution in [2.75, 3.05) is 6.61 Å². The van der Waals surface area contributed by atoms with Gasteiger partial charge in [-0.15, -0.1) is 0 Å². The number of nitrogens with one attached hydrogen (secondary N) is 1. The van der Waals surface area contributed by atoms with E-state index in [-0.39, 0.29) is 0 Å². The summed E-state index contributed by atoms with van der Waals surface area (Å²) in [6, 6.07) is 9.10. The molecule has 2 amide bonds. The average Bonchev–Trinajstić information content (AvgIpc) is 2.43. The van der Waals surface area contributed by atoms with Crippen LogP contribution in [0.15, 0.2) is 35.4 Å². The van der Waals surface area contributed by atoms with Crippen LogP contribution in [0.25, 0.3) is 0 Å². The summed E-state index contributed by atoms with van der Waals surface area (Å²) >= 11 is 0. The SMILES string of the molecule is C/C(=N\NC(N)=O)C(C)(OCC(C)C)c1ccccc1. The van der Waals surface area contributed by atoms with Crippen molar-refractivity contribution in [1.29, 1.82) is 0 Å². The van der Waals surface area contributed by atoms with Crippen molar-refractivity contribution in [1.82, 2.24) is 5.43 Å². The lowest BCUT2D eigenvalue weighted by Gasteiger charge is -2.31. The van der Waals surface area contributed by atoms with Gasteiger partial charge in [-0.1, -0.05) is 44.2 Å². The number of ether oxygens (including phenoxy) is 1. The van der Waals surface area contributed by atoms with Crippen LogP contribution in [-0.4, -0.2) is 18.3 Å². The lowest BCUT2D eigenvalue weighted by atomic mass is 9.91. The van der Waals surface area contributed by atoms with E-state index in [0.717, 1.165) is 5.56 Å². The molecule has 1 aromatic carbocycles. The van der Waals surface area contributed by atoms with Crippen molar-refractivity contribution in [3.05, 3.63) is 35.9 Å². The summed E-state index contributed by atoms with van der Waals surface area (Å²) < 4.78 is 6.05. The number of carbonyl (C=O) groups is 1. The highest BCUT2D eigenvalue weighted by molar-refractivity contribution is 5.92. The fraction of sp³-hybridized carbons (Fsp3) is 0.467. The van der Waals surface area contributed by atoms with Crippen molar-refractivity contribution >= 4 is 11.7 Å². The van der Waals surface area contributed by atoms with Crippen LogP contribution < -0.4 is 11.2 Å². The Balaban J connectivity index is 3.06. The number of nitrogens with zero attached hydrogens (tertiary/aromatic N) is 1. The highest BCUT2D eigenvalue weighted by atomic mass is 16.5. The van der Waals surface area contributed by atoms with E-state index in [2.05, 4.69) is 24.4 Å². The number of hydrogen-bond acceptors (Lipinski definition) is 3. The summed E-state index contributed by atoms with van der Waals surface area (Å²) in [7, 11) is 0. The highest BCUT2D eigenvalue weighted by Gasteiger charge is 2.31. The zero-order valence-electron chi connectivity index (χ0n) is 12.5. The first kappa shape index (κ1) is 16.2. The van der Waals surface area contributed by atoms with Crippen molar-refractivity contribution in [2.45, 2.75) is 33.3 Å². The Morgan fingerprint density at radius 2 is 2.00 bits per heavy atom. The molecule has 110 valence electrons. The standard InChI is InChI=1S/C15H23N3O2/c1-11(2)10-20-15(4,12(3)17-18-14(16)19)13-8-6-5-7-9-13/h5-9,11H,10H2,1-4H3,(H3,16,18,19)/b17-12+. The van der Waals surface area contributed by atoms with Crippen LogP contribution in [0.2, 0.25) is 0 Å². The smallest absolute Gasteiger partial charge is 0.332 e. The Bertz CT molecular complexity index is 471. The Kier molecular flexibility index (Phi) is 5.70. The van der Waals surface area contributed by atoms with Gasteiger partial charge in [0, 0.05) is 0 Å². The molecular weight excluding hydrogens is 254 g/mol. The van der Waals surface area contributed by atoms with Gasteiger partial charge in [-0.25, -0.2) is 10.2 Å². The summed E-state index contributed by atoms with van der Waals surface area (Å²) in [5, 5.41) is 4.02. The molecule has 20 heavy (non-hydrogen) atoms. The van der Waals surface area contributed by atoms with Crippen LogP contribution in [-0.2, 0) is 10.3 Å². The average molecular weight is 277 g/mol. The molecule has 0 fully saturated rings. The first-order valence-corrected chi connectivity index (χ1v) is 6.66. The highest BCUT2D eigenvalue weighted by Crippen LogP contribution is 2.27.